The Labute approximate surface area is 69.4 Å². The SMILES string of the molecule is CC(C)(C#N)NO[Si](C)(C)C. The van der Waals surface area contributed by atoms with Crippen LogP contribution in [0.5, 0.6) is 0 Å². The lowest BCUT2D eigenvalue weighted by molar-refractivity contribution is 0.130. The minimum absolute atomic E-state index is 0.583. The largest absolute Gasteiger partial charge is 0.345 e. The summed E-state index contributed by atoms with van der Waals surface area (Å²) in [5, 5.41) is 8.61. The van der Waals surface area contributed by atoms with Crippen molar-refractivity contribution in [2.45, 2.75) is 39.0 Å². The highest BCUT2D eigenvalue weighted by atomic mass is 28.4. The second-order valence-corrected chi connectivity index (χ2v) is 8.48. The maximum atomic E-state index is 8.61. The second-order valence-electron chi connectivity index (χ2n) is 4.05. The summed E-state index contributed by atoms with van der Waals surface area (Å²) in [6, 6.07) is 2.10. The molecule has 0 saturated heterocycles. The summed E-state index contributed by atoms with van der Waals surface area (Å²) in [6.07, 6.45) is 0. The molecule has 0 unspecified atom stereocenters. The first-order valence-corrected chi connectivity index (χ1v) is 7.04. The number of hydrogen-bond donors (Lipinski definition) is 1. The second kappa shape index (κ2) is 3.35. The lowest BCUT2D eigenvalue weighted by atomic mass is 10.1. The van der Waals surface area contributed by atoms with Gasteiger partial charge in [0.2, 0.25) is 8.32 Å². The number of hydrogen-bond acceptors (Lipinski definition) is 3. The average Bonchev–Trinajstić information content (AvgIpc) is 1.83. The Morgan fingerprint density at radius 3 is 2.09 bits per heavy atom. The first-order valence-electron chi connectivity index (χ1n) is 3.63. The molecular weight excluding hydrogens is 156 g/mol. The Bertz CT molecular complexity index is 166. The molecule has 0 aliphatic heterocycles. The van der Waals surface area contributed by atoms with E-state index in [0.717, 1.165) is 0 Å². The van der Waals surface area contributed by atoms with Crippen molar-refractivity contribution in [1.29, 1.82) is 5.26 Å². The fourth-order valence-corrected chi connectivity index (χ4v) is 0.865. The van der Waals surface area contributed by atoms with Crippen LogP contribution in [0.4, 0.5) is 0 Å². The molecule has 0 aromatic heterocycles. The number of rotatable bonds is 3. The van der Waals surface area contributed by atoms with Crippen molar-refractivity contribution in [3.05, 3.63) is 0 Å². The molecule has 0 bridgehead atoms. The van der Waals surface area contributed by atoms with Gasteiger partial charge in [-0.05, 0) is 33.5 Å². The van der Waals surface area contributed by atoms with Gasteiger partial charge in [-0.3, -0.25) is 0 Å². The fraction of sp³-hybridized carbons (Fsp3) is 0.857. The Kier molecular flexibility index (Phi) is 3.24. The minimum Gasteiger partial charge on any atom is -0.345 e. The van der Waals surface area contributed by atoms with Crippen molar-refractivity contribution >= 4 is 8.32 Å². The molecule has 0 rings (SSSR count). The average molecular weight is 172 g/mol. The molecular formula is C7H16N2OSi. The lowest BCUT2D eigenvalue weighted by Gasteiger charge is -2.24. The summed E-state index contributed by atoms with van der Waals surface area (Å²) >= 11 is 0. The van der Waals surface area contributed by atoms with E-state index < -0.39 is 13.9 Å². The summed E-state index contributed by atoms with van der Waals surface area (Å²) in [6.45, 7) is 9.76. The van der Waals surface area contributed by atoms with Crippen molar-refractivity contribution in [3.8, 4) is 6.07 Å². The summed E-state index contributed by atoms with van der Waals surface area (Å²) in [5.74, 6) is 0. The normalized spacial score (nSPS) is 12.7. The van der Waals surface area contributed by atoms with Crippen LogP contribution in [-0.2, 0) is 4.53 Å². The van der Waals surface area contributed by atoms with Gasteiger partial charge in [-0.1, -0.05) is 0 Å². The molecule has 0 aliphatic carbocycles. The molecule has 0 aromatic carbocycles. The Balaban J connectivity index is 3.83. The molecule has 0 radical (unpaired) electrons. The highest BCUT2D eigenvalue weighted by Crippen LogP contribution is 2.05. The van der Waals surface area contributed by atoms with E-state index in [0.29, 0.717) is 0 Å². The van der Waals surface area contributed by atoms with Gasteiger partial charge in [0.05, 0.1) is 6.07 Å². The van der Waals surface area contributed by atoms with E-state index in [2.05, 4.69) is 31.2 Å². The third-order valence-electron chi connectivity index (χ3n) is 0.892. The van der Waals surface area contributed by atoms with E-state index in [1.807, 2.05) is 0 Å². The summed E-state index contributed by atoms with van der Waals surface area (Å²) < 4.78 is 5.35. The monoisotopic (exact) mass is 172 g/mol. The van der Waals surface area contributed by atoms with Gasteiger partial charge in [-0.15, -0.1) is 0 Å². The van der Waals surface area contributed by atoms with Crippen LogP contribution in [0.2, 0.25) is 19.6 Å². The van der Waals surface area contributed by atoms with Crippen LogP contribution in [0.25, 0.3) is 0 Å². The Morgan fingerprint density at radius 1 is 1.36 bits per heavy atom. The zero-order valence-electron chi connectivity index (χ0n) is 7.86. The van der Waals surface area contributed by atoms with Gasteiger partial charge in [0.1, 0.15) is 5.54 Å². The van der Waals surface area contributed by atoms with Crippen molar-refractivity contribution in [1.82, 2.24) is 5.48 Å². The van der Waals surface area contributed by atoms with Gasteiger partial charge in [0.25, 0.3) is 0 Å². The molecule has 11 heavy (non-hydrogen) atoms. The van der Waals surface area contributed by atoms with Crippen LogP contribution >= 0.6 is 0 Å². The molecule has 0 saturated carbocycles. The van der Waals surface area contributed by atoms with Crippen LogP contribution < -0.4 is 5.48 Å². The van der Waals surface area contributed by atoms with E-state index in [1.54, 1.807) is 13.8 Å². The van der Waals surface area contributed by atoms with Crippen LogP contribution in [0, 0.1) is 11.3 Å². The zero-order chi connectivity index (χ0) is 9.12. The highest BCUT2D eigenvalue weighted by molar-refractivity contribution is 6.69. The summed E-state index contributed by atoms with van der Waals surface area (Å²) in [4.78, 5) is 0. The molecule has 0 heterocycles. The summed E-state index contributed by atoms with van der Waals surface area (Å²) in [7, 11) is -1.55. The third-order valence-corrected chi connectivity index (χ3v) is 1.61. The predicted octanol–water partition coefficient (Wildman–Crippen LogP) is 1.64. The third kappa shape index (κ3) is 6.04. The van der Waals surface area contributed by atoms with Gasteiger partial charge in [0, 0.05) is 0 Å². The maximum Gasteiger partial charge on any atom is 0.211 e. The molecule has 0 spiro atoms. The summed E-state index contributed by atoms with van der Waals surface area (Å²) in [5.41, 5.74) is 2.17. The van der Waals surface area contributed by atoms with Crippen molar-refractivity contribution in [2.75, 3.05) is 0 Å². The van der Waals surface area contributed by atoms with E-state index in [9.17, 15) is 0 Å². The zero-order valence-corrected chi connectivity index (χ0v) is 8.86. The van der Waals surface area contributed by atoms with Crippen LogP contribution in [0.15, 0.2) is 0 Å². The fourth-order valence-electron chi connectivity index (χ4n) is 0.303. The van der Waals surface area contributed by atoms with Gasteiger partial charge >= 0.3 is 0 Å². The topological polar surface area (TPSA) is 45.0 Å². The molecule has 0 aliphatic rings. The number of nitriles is 1. The first-order chi connectivity index (χ1) is 4.77. The van der Waals surface area contributed by atoms with Gasteiger partial charge in [0.15, 0.2) is 0 Å². The molecule has 3 nitrogen and oxygen atoms in total. The maximum absolute atomic E-state index is 8.61. The predicted molar refractivity (Wildman–Crippen MR) is 47.3 cm³/mol. The van der Waals surface area contributed by atoms with Gasteiger partial charge in [-0.25, -0.2) is 0 Å². The van der Waals surface area contributed by atoms with E-state index in [4.69, 9.17) is 9.79 Å². The lowest BCUT2D eigenvalue weighted by Crippen LogP contribution is -2.44. The molecule has 64 valence electrons. The van der Waals surface area contributed by atoms with Gasteiger partial charge in [-0.2, -0.15) is 10.7 Å². The van der Waals surface area contributed by atoms with Crippen molar-refractivity contribution in [3.63, 3.8) is 0 Å². The van der Waals surface area contributed by atoms with Crippen molar-refractivity contribution in [2.24, 2.45) is 0 Å². The number of hydroxylamine groups is 1. The van der Waals surface area contributed by atoms with Crippen LogP contribution in [-0.4, -0.2) is 13.9 Å². The minimum atomic E-state index is -1.55. The smallest absolute Gasteiger partial charge is 0.211 e. The highest BCUT2D eigenvalue weighted by Gasteiger charge is 2.21. The number of nitrogens with zero attached hydrogens (tertiary/aromatic N) is 1. The van der Waals surface area contributed by atoms with Gasteiger partial charge < -0.3 is 4.53 Å². The molecule has 1 N–H and O–H groups in total. The molecule has 4 heteroatoms. The Hall–Kier alpha value is -0.373. The standard InChI is InChI=1S/C7H16N2OSi/c1-7(2,6-8)9-10-11(3,4)5/h9H,1-5H3. The van der Waals surface area contributed by atoms with E-state index in [1.165, 1.54) is 0 Å². The van der Waals surface area contributed by atoms with Crippen LogP contribution in [0.3, 0.4) is 0 Å². The van der Waals surface area contributed by atoms with Crippen molar-refractivity contribution < 1.29 is 4.53 Å². The molecule has 0 atom stereocenters. The molecule has 0 amide bonds. The Morgan fingerprint density at radius 2 is 1.82 bits per heavy atom. The van der Waals surface area contributed by atoms with E-state index >= 15 is 0 Å². The van der Waals surface area contributed by atoms with E-state index in [-0.39, 0.29) is 0 Å². The quantitative estimate of drug-likeness (QED) is 0.520. The molecule has 0 fully saturated rings. The van der Waals surface area contributed by atoms with Crippen LogP contribution in [0.1, 0.15) is 13.8 Å². The molecule has 0 aromatic rings. The first kappa shape index (κ1) is 10.6. The number of nitrogens with one attached hydrogen (secondary N) is 1.